The third kappa shape index (κ3) is 1.33. The number of fused-ring (bicyclic) bond motifs is 3. The summed E-state index contributed by atoms with van der Waals surface area (Å²) < 4.78 is 13.1. The van der Waals surface area contributed by atoms with Gasteiger partial charge in [0.1, 0.15) is 0 Å². The summed E-state index contributed by atoms with van der Waals surface area (Å²) in [4.78, 5) is 3.99. The molecule has 0 saturated carbocycles. The minimum Gasteiger partial charge on any atom is -0.219 e. The molecule has 0 atom stereocenters. The molecule has 0 bridgehead atoms. The number of aromatic nitrogens is 1. The van der Waals surface area contributed by atoms with Crippen LogP contribution in [0.25, 0.3) is 11.3 Å². The van der Waals surface area contributed by atoms with Crippen molar-refractivity contribution >= 4 is 0 Å². The van der Waals surface area contributed by atoms with E-state index in [0.717, 1.165) is 29.7 Å². The van der Waals surface area contributed by atoms with E-state index in [2.05, 4.69) is 11.1 Å². The molecule has 74 valence electrons. The smallest absolute Gasteiger partial charge is 0.213 e. The van der Waals surface area contributed by atoms with Gasteiger partial charge >= 0.3 is 0 Å². The summed E-state index contributed by atoms with van der Waals surface area (Å²) in [5.74, 6) is -0.398. The summed E-state index contributed by atoms with van der Waals surface area (Å²) in [6.07, 6.45) is 1.98. The van der Waals surface area contributed by atoms with Gasteiger partial charge < -0.3 is 0 Å². The standard InChI is InChI=1S/C13H10FN/c14-12-8-7-10-6-5-9-3-1-2-4-11(9)13(10)15-12/h1-4,7-8H,5-6H2. The van der Waals surface area contributed by atoms with Crippen LogP contribution in [-0.2, 0) is 12.8 Å². The molecule has 0 N–H and O–H groups in total. The molecule has 1 aromatic carbocycles. The Morgan fingerprint density at radius 3 is 2.67 bits per heavy atom. The highest BCUT2D eigenvalue weighted by Crippen LogP contribution is 2.31. The maximum Gasteiger partial charge on any atom is 0.213 e. The molecular weight excluding hydrogens is 189 g/mol. The zero-order valence-corrected chi connectivity index (χ0v) is 8.20. The maximum absolute atomic E-state index is 13.1. The minimum absolute atomic E-state index is 0.398. The molecule has 0 amide bonds. The first-order valence-corrected chi connectivity index (χ1v) is 5.08. The molecule has 0 unspecified atom stereocenters. The van der Waals surface area contributed by atoms with Crippen LogP contribution in [0.5, 0.6) is 0 Å². The van der Waals surface area contributed by atoms with Gasteiger partial charge in [-0.25, -0.2) is 4.98 Å². The van der Waals surface area contributed by atoms with Crippen molar-refractivity contribution in [3.8, 4) is 11.3 Å². The molecule has 0 saturated heterocycles. The lowest BCUT2D eigenvalue weighted by molar-refractivity contribution is 0.583. The second kappa shape index (κ2) is 3.16. The lowest BCUT2D eigenvalue weighted by Crippen LogP contribution is -2.06. The molecule has 1 aliphatic rings. The van der Waals surface area contributed by atoms with Gasteiger partial charge in [0.05, 0.1) is 5.69 Å². The first kappa shape index (κ1) is 8.60. The van der Waals surface area contributed by atoms with E-state index < -0.39 is 5.95 Å². The van der Waals surface area contributed by atoms with Crippen LogP contribution in [0.4, 0.5) is 4.39 Å². The Bertz CT molecular complexity index is 520. The predicted octanol–water partition coefficient (Wildman–Crippen LogP) is 2.99. The SMILES string of the molecule is Fc1ccc2c(n1)-c1ccccc1CC2. The lowest BCUT2D eigenvalue weighted by atomic mass is 9.89. The number of nitrogens with zero attached hydrogens (tertiary/aromatic N) is 1. The quantitative estimate of drug-likeness (QED) is 0.594. The van der Waals surface area contributed by atoms with Gasteiger partial charge in [0.2, 0.25) is 5.95 Å². The van der Waals surface area contributed by atoms with Crippen LogP contribution < -0.4 is 0 Å². The zero-order valence-electron chi connectivity index (χ0n) is 8.20. The molecule has 0 fully saturated rings. The highest BCUT2D eigenvalue weighted by molar-refractivity contribution is 5.69. The van der Waals surface area contributed by atoms with Crippen LogP contribution in [0, 0.1) is 5.95 Å². The first-order chi connectivity index (χ1) is 7.34. The van der Waals surface area contributed by atoms with Crippen LogP contribution >= 0.6 is 0 Å². The number of halogens is 1. The van der Waals surface area contributed by atoms with E-state index in [1.54, 1.807) is 0 Å². The van der Waals surface area contributed by atoms with Crippen molar-refractivity contribution in [1.82, 2.24) is 4.98 Å². The molecule has 1 nitrogen and oxygen atoms in total. The highest BCUT2D eigenvalue weighted by Gasteiger charge is 2.16. The summed E-state index contributed by atoms with van der Waals surface area (Å²) in [7, 11) is 0. The monoisotopic (exact) mass is 199 g/mol. The second-order valence-electron chi connectivity index (χ2n) is 3.80. The van der Waals surface area contributed by atoms with E-state index in [1.807, 2.05) is 24.3 Å². The summed E-state index contributed by atoms with van der Waals surface area (Å²) in [5.41, 5.74) is 4.31. The third-order valence-electron chi connectivity index (χ3n) is 2.88. The lowest BCUT2D eigenvalue weighted by Gasteiger charge is -2.18. The molecule has 0 radical (unpaired) electrons. The Labute approximate surface area is 87.6 Å². The van der Waals surface area contributed by atoms with Gasteiger partial charge in [0, 0.05) is 5.56 Å². The second-order valence-corrected chi connectivity index (χ2v) is 3.80. The fraction of sp³-hybridized carbons (Fsp3) is 0.154. The molecule has 1 aliphatic carbocycles. The fourth-order valence-electron chi connectivity index (χ4n) is 2.14. The van der Waals surface area contributed by atoms with E-state index in [9.17, 15) is 4.39 Å². The fourth-order valence-corrected chi connectivity index (χ4v) is 2.14. The summed E-state index contributed by atoms with van der Waals surface area (Å²) >= 11 is 0. The van der Waals surface area contributed by atoms with Gasteiger partial charge in [0.15, 0.2) is 0 Å². The van der Waals surface area contributed by atoms with Gasteiger partial charge in [-0.1, -0.05) is 30.3 Å². The number of hydrogen-bond donors (Lipinski definition) is 0. The Kier molecular flexibility index (Phi) is 1.81. The summed E-state index contributed by atoms with van der Waals surface area (Å²) in [6.45, 7) is 0. The summed E-state index contributed by atoms with van der Waals surface area (Å²) in [6, 6.07) is 11.4. The predicted molar refractivity (Wildman–Crippen MR) is 57.0 cm³/mol. The van der Waals surface area contributed by atoms with Gasteiger partial charge in [-0.2, -0.15) is 4.39 Å². The number of hydrogen-bond acceptors (Lipinski definition) is 1. The average Bonchev–Trinajstić information content (AvgIpc) is 2.29. The number of rotatable bonds is 0. The van der Waals surface area contributed by atoms with Crippen molar-refractivity contribution in [3.05, 3.63) is 53.5 Å². The molecule has 1 heterocycles. The third-order valence-corrected chi connectivity index (χ3v) is 2.88. The van der Waals surface area contributed by atoms with E-state index in [-0.39, 0.29) is 0 Å². The Morgan fingerprint density at radius 2 is 1.73 bits per heavy atom. The largest absolute Gasteiger partial charge is 0.219 e. The van der Waals surface area contributed by atoms with Gasteiger partial charge in [-0.15, -0.1) is 0 Å². The van der Waals surface area contributed by atoms with Crippen LogP contribution in [0.2, 0.25) is 0 Å². The van der Waals surface area contributed by atoms with Crippen molar-refractivity contribution in [2.24, 2.45) is 0 Å². The molecule has 2 heteroatoms. The molecule has 15 heavy (non-hydrogen) atoms. The van der Waals surface area contributed by atoms with Gasteiger partial charge in [-0.3, -0.25) is 0 Å². The normalized spacial score (nSPS) is 13.1. The van der Waals surface area contributed by atoms with Crippen molar-refractivity contribution in [2.75, 3.05) is 0 Å². The Morgan fingerprint density at radius 1 is 0.933 bits per heavy atom. The van der Waals surface area contributed by atoms with Crippen molar-refractivity contribution < 1.29 is 4.39 Å². The topological polar surface area (TPSA) is 12.9 Å². The summed E-state index contributed by atoms with van der Waals surface area (Å²) in [5, 5.41) is 0. The number of pyridine rings is 1. The minimum atomic E-state index is -0.398. The average molecular weight is 199 g/mol. The Balaban J connectivity index is 2.28. The molecule has 3 rings (SSSR count). The number of benzene rings is 1. The van der Waals surface area contributed by atoms with Crippen molar-refractivity contribution in [2.45, 2.75) is 12.8 Å². The molecular formula is C13H10FN. The maximum atomic E-state index is 13.1. The van der Waals surface area contributed by atoms with Crippen LogP contribution in [0.1, 0.15) is 11.1 Å². The zero-order chi connectivity index (χ0) is 10.3. The van der Waals surface area contributed by atoms with Gasteiger partial charge in [0.25, 0.3) is 0 Å². The van der Waals surface area contributed by atoms with Gasteiger partial charge in [-0.05, 0) is 30.0 Å². The number of aryl methyl sites for hydroxylation is 2. The molecule has 2 aromatic rings. The van der Waals surface area contributed by atoms with E-state index >= 15 is 0 Å². The molecule has 0 aliphatic heterocycles. The van der Waals surface area contributed by atoms with Crippen LogP contribution in [-0.4, -0.2) is 4.98 Å². The first-order valence-electron chi connectivity index (χ1n) is 5.08. The van der Waals surface area contributed by atoms with Crippen molar-refractivity contribution in [3.63, 3.8) is 0 Å². The van der Waals surface area contributed by atoms with Crippen molar-refractivity contribution in [1.29, 1.82) is 0 Å². The van der Waals surface area contributed by atoms with Crippen LogP contribution in [0.15, 0.2) is 36.4 Å². The van der Waals surface area contributed by atoms with Crippen LogP contribution in [0.3, 0.4) is 0 Å². The van der Waals surface area contributed by atoms with E-state index in [0.29, 0.717) is 0 Å². The Hall–Kier alpha value is -1.70. The molecule has 1 aromatic heterocycles. The highest BCUT2D eigenvalue weighted by atomic mass is 19.1. The molecule has 0 spiro atoms. The van der Waals surface area contributed by atoms with E-state index in [1.165, 1.54) is 11.6 Å². The van der Waals surface area contributed by atoms with E-state index in [4.69, 9.17) is 0 Å².